The molecule has 0 bridgehead atoms. The molecule has 0 aliphatic heterocycles. The minimum Gasteiger partial charge on any atom is -0.481 e. The SMILES string of the molecule is COc1ncc(CO)c(F)c1C(F)F. The second kappa shape index (κ2) is 4.28. The maximum Gasteiger partial charge on any atom is 0.271 e. The van der Waals surface area contributed by atoms with Gasteiger partial charge in [-0.25, -0.2) is 18.2 Å². The Balaban J connectivity index is 3.31. The van der Waals surface area contributed by atoms with E-state index in [1.165, 1.54) is 0 Å². The van der Waals surface area contributed by atoms with E-state index in [1.807, 2.05) is 0 Å². The molecule has 0 aliphatic rings. The average molecular weight is 207 g/mol. The molecule has 0 amide bonds. The van der Waals surface area contributed by atoms with E-state index in [4.69, 9.17) is 5.11 Å². The number of aliphatic hydroxyl groups excluding tert-OH is 1. The van der Waals surface area contributed by atoms with E-state index in [-0.39, 0.29) is 5.56 Å². The van der Waals surface area contributed by atoms with Crippen LogP contribution in [0.15, 0.2) is 6.20 Å². The number of alkyl halides is 2. The third-order valence-electron chi connectivity index (χ3n) is 1.67. The van der Waals surface area contributed by atoms with E-state index < -0.39 is 30.3 Å². The van der Waals surface area contributed by atoms with Crippen molar-refractivity contribution in [3.63, 3.8) is 0 Å². The smallest absolute Gasteiger partial charge is 0.271 e. The molecule has 0 atom stereocenters. The van der Waals surface area contributed by atoms with Crippen LogP contribution in [0.5, 0.6) is 5.88 Å². The maximum absolute atomic E-state index is 13.2. The maximum atomic E-state index is 13.2. The minimum absolute atomic E-state index is 0.277. The van der Waals surface area contributed by atoms with Crippen molar-refractivity contribution in [3.8, 4) is 5.88 Å². The van der Waals surface area contributed by atoms with E-state index in [9.17, 15) is 13.2 Å². The Kier molecular flexibility index (Phi) is 3.29. The molecule has 14 heavy (non-hydrogen) atoms. The number of halogens is 3. The Labute approximate surface area is 78.2 Å². The zero-order valence-electron chi connectivity index (χ0n) is 7.30. The van der Waals surface area contributed by atoms with Crippen LogP contribution in [0.25, 0.3) is 0 Å². The summed E-state index contributed by atoms with van der Waals surface area (Å²) in [6, 6.07) is 0. The molecule has 0 saturated carbocycles. The molecule has 0 radical (unpaired) electrons. The molecule has 0 aromatic carbocycles. The predicted molar refractivity (Wildman–Crippen MR) is 41.6 cm³/mol. The van der Waals surface area contributed by atoms with Crippen LogP contribution in [-0.4, -0.2) is 17.2 Å². The third-order valence-corrected chi connectivity index (χ3v) is 1.67. The van der Waals surface area contributed by atoms with Gasteiger partial charge in [0.2, 0.25) is 5.88 Å². The van der Waals surface area contributed by atoms with Crippen LogP contribution in [0.1, 0.15) is 17.6 Å². The first kappa shape index (κ1) is 10.8. The fourth-order valence-electron chi connectivity index (χ4n) is 0.992. The Hall–Kier alpha value is -1.30. The van der Waals surface area contributed by atoms with Gasteiger partial charge in [0.05, 0.1) is 13.7 Å². The van der Waals surface area contributed by atoms with Gasteiger partial charge < -0.3 is 9.84 Å². The minimum atomic E-state index is -3.02. The first-order chi connectivity index (χ1) is 6.61. The van der Waals surface area contributed by atoms with Crippen LogP contribution in [-0.2, 0) is 6.61 Å². The van der Waals surface area contributed by atoms with Crippen molar-refractivity contribution in [2.45, 2.75) is 13.0 Å². The summed E-state index contributed by atoms with van der Waals surface area (Å²) < 4.78 is 42.4. The third kappa shape index (κ3) is 1.79. The van der Waals surface area contributed by atoms with E-state index in [1.54, 1.807) is 0 Å². The second-order valence-corrected chi connectivity index (χ2v) is 2.48. The largest absolute Gasteiger partial charge is 0.481 e. The van der Waals surface area contributed by atoms with Gasteiger partial charge in [0.15, 0.2) is 0 Å². The molecule has 1 aromatic heterocycles. The van der Waals surface area contributed by atoms with Crippen molar-refractivity contribution >= 4 is 0 Å². The first-order valence-electron chi connectivity index (χ1n) is 3.72. The molecule has 6 heteroatoms. The van der Waals surface area contributed by atoms with Gasteiger partial charge in [-0.2, -0.15) is 0 Å². The van der Waals surface area contributed by atoms with Crippen molar-refractivity contribution in [2.24, 2.45) is 0 Å². The summed E-state index contributed by atoms with van der Waals surface area (Å²) in [5.74, 6) is -1.64. The Bertz CT molecular complexity index is 331. The lowest BCUT2D eigenvalue weighted by atomic mass is 10.2. The summed E-state index contributed by atoms with van der Waals surface area (Å²) >= 11 is 0. The highest BCUT2D eigenvalue weighted by Crippen LogP contribution is 2.30. The number of hydrogen-bond donors (Lipinski definition) is 1. The van der Waals surface area contributed by atoms with Crippen LogP contribution in [0.3, 0.4) is 0 Å². The molecular weight excluding hydrogens is 199 g/mol. The van der Waals surface area contributed by atoms with Crippen molar-refractivity contribution < 1.29 is 23.0 Å². The second-order valence-electron chi connectivity index (χ2n) is 2.48. The van der Waals surface area contributed by atoms with E-state index in [0.717, 1.165) is 13.3 Å². The van der Waals surface area contributed by atoms with Crippen molar-refractivity contribution in [2.75, 3.05) is 7.11 Å². The number of pyridine rings is 1. The van der Waals surface area contributed by atoms with Crippen molar-refractivity contribution in [1.29, 1.82) is 0 Å². The highest BCUT2D eigenvalue weighted by Gasteiger charge is 2.23. The summed E-state index contributed by atoms with van der Waals surface area (Å²) in [4.78, 5) is 3.45. The van der Waals surface area contributed by atoms with Crippen LogP contribution in [0.4, 0.5) is 13.2 Å². The van der Waals surface area contributed by atoms with Gasteiger partial charge in [0.1, 0.15) is 11.4 Å². The molecule has 0 spiro atoms. The fourth-order valence-corrected chi connectivity index (χ4v) is 0.992. The monoisotopic (exact) mass is 207 g/mol. The lowest BCUT2D eigenvalue weighted by molar-refractivity contribution is 0.139. The molecular formula is C8H8F3NO2. The number of rotatable bonds is 3. The van der Waals surface area contributed by atoms with Gasteiger partial charge in [-0.1, -0.05) is 0 Å². The quantitative estimate of drug-likeness (QED) is 0.819. The molecule has 0 unspecified atom stereocenters. The van der Waals surface area contributed by atoms with Gasteiger partial charge in [-0.05, 0) is 0 Å². The van der Waals surface area contributed by atoms with E-state index >= 15 is 0 Å². The summed E-state index contributed by atoms with van der Waals surface area (Å²) in [6.07, 6.45) is -2.07. The predicted octanol–water partition coefficient (Wildman–Crippen LogP) is 1.66. The van der Waals surface area contributed by atoms with Crippen LogP contribution in [0.2, 0.25) is 0 Å². The number of aliphatic hydroxyl groups is 1. The molecule has 1 rings (SSSR count). The van der Waals surface area contributed by atoms with Crippen LogP contribution in [0, 0.1) is 5.82 Å². The summed E-state index contributed by atoms with van der Waals surface area (Å²) in [5, 5.41) is 8.62. The van der Waals surface area contributed by atoms with E-state index in [0.29, 0.717) is 0 Å². The summed E-state index contributed by atoms with van der Waals surface area (Å²) in [7, 11) is 1.12. The highest BCUT2D eigenvalue weighted by molar-refractivity contribution is 5.32. The number of methoxy groups -OCH3 is 1. The molecule has 1 aromatic rings. The summed E-state index contributed by atoms with van der Waals surface area (Å²) in [5.41, 5.74) is -1.19. The van der Waals surface area contributed by atoms with Gasteiger partial charge in [-0.15, -0.1) is 0 Å². The number of ether oxygens (including phenoxy) is 1. The number of nitrogens with zero attached hydrogens (tertiary/aromatic N) is 1. The standard InChI is InChI=1S/C8H8F3NO2/c1-14-8-5(7(10)11)6(9)4(3-13)2-12-8/h2,7,13H,3H2,1H3. The van der Waals surface area contributed by atoms with Gasteiger partial charge >= 0.3 is 0 Å². The Morgan fingerprint density at radius 3 is 2.64 bits per heavy atom. The topological polar surface area (TPSA) is 42.4 Å². The van der Waals surface area contributed by atoms with Crippen LogP contribution >= 0.6 is 0 Å². The normalized spacial score (nSPS) is 10.7. The Morgan fingerprint density at radius 2 is 2.21 bits per heavy atom. The molecule has 78 valence electrons. The molecule has 0 aliphatic carbocycles. The molecule has 3 nitrogen and oxygen atoms in total. The molecule has 0 saturated heterocycles. The first-order valence-corrected chi connectivity index (χ1v) is 3.72. The lowest BCUT2D eigenvalue weighted by Gasteiger charge is -2.09. The molecule has 1 heterocycles. The lowest BCUT2D eigenvalue weighted by Crippen LogP contribution is -2.03. The Morgan fingerprint density at radius 1 is 1.57 bits per heavy atom. The van der Waals surface area contributed by atoms with Gasteiger partial charge in [0, 0.05) is 11.8 Å². The zero-order valence-corrected chi connectivity index (χ0v) is 7.30. The van der Waals surface area contributed by atoms with Crippen molar-refractivity contribution in [1.82, 2.24) is 4.98 Å². The van der Waals surface area contributed by atoms with Gasteiger partial charge in [-0.3, -0.25) is 0 Å². The molecule has 0 fully saturated rings. The van der Waals surface area contributed by atoms with Gasteiger partial charge in [0.25, 0.3) is 6.43 Å². The highest BCUT2D eigenvalue weighted by atomic mass is 19.3. The van der Waals surface area contributed by atoms with E-state index in [2.05, 4.69) is 9.72 Å². The zero-order chi connectivity index (χ0) is 10.7. The fraction of sp³-hybridized carbons (Fsp3) is 0.375. The van der Waals surface area contributed by atoms with Crippen molar-refractivity contribution in [3.05, 3.63) is 23.1 Å². The van der Waals surface area contributed by atoms with Crippen LogP contribution < -0.4 is 4.74 Å². The molecule has 1 N–H and O–H groups in total. The number of aromatic nitrogens is 1. The average Bonchev–Trinajstić information content (AvgIpc) is 2.16. The summed E-state index contributed by atoms with van der Waals surface area (Å²) in [6.45, 7) is -0.678. The number of hydrogen-bond acceptors (Lipinski definition) is 3.